The van der Waals surface area contributed by atoms with Crippen LogP contribution < -0.4 is 4.90 Å². The summed E-state index contributed by atoms with van der Waals surface area (Å²) < 4.78 is 10.5. The van der Waals surface area contributed by atoms with Gasteiger partial charge in [0.2, 0.25) is 0 Å². The molecule has 1 aromatic carbocycles. The summed E-state index contributed by atoms with van der Waals surface area (Å²) in [6.45, 7) is 1.67. The number of anilines is 1. The van der Waals surface area contributed by atoms with Crippen molar-refractivity contribution in [1.82, 2.24) is 0 Å². The van der Waals surface area contributed by atoms with Gasteiger partial charge in [-0.05, 0) is 18.9 Å². The van der Waals surface area contributed by atoms with Gasteiger partial charge in [0.1, 0.15) is 12.2 Å². The molecule has 100 valence electrons. The van der Waals surface area contributed by atoms with Crippen LogP contribution in [0, 0.1) is 11.3 Å². The van der Waals surface area contributed by atoms with Crippen molar-refractivity contribution in [3.63, 3.8) is 0 Å². The number of methoxy groups -OCH3 is 1. The van der Waals surface area contributed by atoms with Gasteiger partial charge in [-0.1, -0.05) is 18.2 Å². The van der Waals surface area contributed by atoms with Crippen molar-refractivity contribution in [2.75, 3.05) is 32.0 Å². The molecule has 0 amide bonds. The van der Waals surface area contributed by atoms with Crippen LogP contribution in [0.5, 0.6) is 0 Å². The number of nitrogens with zero attached hydrogens (tertiary/aromatic N) is 2. The number of benzene rings is 1. The van der Waals surface area contributed by atoms with Gasteiger partial charge in [0.15, 0.2) is 0 Å². The van der Waals surface area contributed by atoms with Crippen LogP contribution in [-0.2, 0) is 14.9 Å². The van der Waals surface area contributed by atoms with Crippen molar-refractivity contribution in [3.8, 4) is 6.07 Å². The lowest BCUT2D eigenvalue weighted by atomic mass is 9.77. The predicted octanol–water partition coefficient (Wildman–Crippen LogP) is 2.05. The van der Waals surface area contributed by atoms with Crippen LogP contribution in [0.2, 0.25) is 0 Å². The number of nitriles is 1. The van der Waals surface area contributed by atoms with Crippen molar-refractivity contribution >= 4 is 5.69 Å². The van der Waals surface area contributed by atoms with Crippen molar-refractivity contribution < 1.29 is 9.47 Å². The number of ether oxygens (including phenoxy) is 2. The van der Waals surface area contributed by atoms with E-state index in [1.165, 1.54) is 5.69 Å². The van der Waals surface area contributed by atoms with E-state index in [2.05, 4.69) is 23.1 Å². The summed E-state index contributed by atoms with van der Waals surface area (Å²) in [6.07, 6.45) is 2.20. The highest BCUT2D eigenvalue weighted by molar-refractivity contribution is 5.67. The molecule has 0 saturated carbocycles. The summed E-state index contributed by atoms with van der Waals surface area (Å²) in [5.74, 6) is 0. The van der Waals surface area contributed by atoms with E-state index in [0.717, 1.165) is 24.9 Å². The van der Waals surface area contributed by atoms with Crippen LogP contribution in [0.3, 0.4) is 0 Å². The molecule has 1 fully saturated rings. The predicted molar refractivity (Wildman–Crippen MR) is 71.9 cm³/mol. The van der Waals surface area contributed by atoms with E-state index >= 15 is 0 Å². The van der Waals surface area contributed by atoms with Gasteiger partial charge in [-0.15, -0.1) is 0 Å². The topological polar surface area (TPSA) is 45.5 Å². The molecule has 0 aromatic heterocycles. The molecule has 0 bridgehead atoms. The van der Waals surface area contributed by atoms with Gasteiger partial charge >= 0.3 is 0 Å². The second-order valence-corrected chi connectivity index (χ2v) is 5.21. The molecule has 0 N–H and O–H groups in total. The third-order valence-electron chi connectivity index (χ3n) is 4.25. The Balaban J connectivity index is 2.00. The molecule has 19 heavy (non-hydrogen) atoms. The lowest BCUT2D eigenvalue weighted by Crippen LogP contribution is -2.43. The summed E-state index contributed by atoms with van der Waals surface area (Å²) in [4.78, 5) is 2.37. The van der Waals surface area contributed by atoms with Gasteiger partial charge in [-0.2, -0.15) is 5.26 Å². The van der Waals surface area contributed by atoms with Gasteiger partial charge < -0.3 is 14.4 Å². The van der Waals surface area contributed by atoms with Crippen LogP contribution >= 0.6 is 0 Å². The van der Waals surface area contributed by atoms with E-state index < -0.39 is 5.41 Å². The van der Waals surface area contributed by atoms with Gasteiger partial charge in [-0.3, -0.25) is 0 Å². The summed E-state index contributed by atoms with van der Waals surface area (Å²) in [5, 5.41) is 9.81. The molecule has 2 aliphatic heterocycles. The van der Waals surface area contributed by atoms with Crippen molar-refractivity contribution in [2.45, 2.75) is 24.3 Å². The summed E-state index contributed by atoms with van der Waals surface area (Å²) >= 11 is 0. The Kier molecular flexibility index (Phi) is 3.17. The lowest BCUT2D eigenvalue weighted by molar-refractivity contribution is -0.0443. The largest absolute Gasteiger partial charge is 0.366 e. The highest BCUT2D eigenvalue weighted by Gasteiger charge is 2.53. The molecule has 3 rings (SSSR count). The normalized spacial score (nSPS) is 28.0. The van der Waals surface area contributed by atoms with Gasteiger partial charge in [0.25, 0.3) is 0 Å². The zero-order valence-electron chi connectivity index (χ0n) is 11.1. The molecule has 0 radical (unpaired) electrons. The molecule has 0 aliphatic carbocycles. The number of hydrogen-bond acceptors (Lipinski definition) is 4. The highest BCUT2D eigenvalue weighted by atomic mass is 16.7. The molecule has 1 saturated heterocycles. The van der Waals surface area contributed by atoms with Gasteiger partial charge in [0, 0.05) is 24.9 Å². The second kappa shape index (κ2) is 4.84. The minimum atomic E-state index is -0.550. The maximum atomic E-state index is 9.81. The zero-order valence-corrected chi connectivity index (χ0v) is 11.1. The molecule has 2 heterocycles. The third-order valence-corrected chi connectivity index (χ3v) is 4.25. The Hall–Kier alpha value is -1.57. The minimum absolute atomic E-state index is 0.234. The molecular formula is C15H18N2O2. The lowest BCUT2D eigenvalue weighted by Gasteiger charge is -2.29. The standard InChI is InChI=1S/C15H18N2O2/c1-18-11-19-10-15(9-16)12-5-2-3-6-13(12)17-8-4-7-14(15)17/h2-3,5-6,14H,4,7-8,10-11H2,1H3/t14-,15-/m1/s1. The Labute approximate surface area is 113 Å². The first-order chi connectivity index (χ1) is 9.33. The fourth-order valence-electron chi connectivity index (χ4n) is 3.48. The summed E-state index contributed by atoms with van der Waals surface area (Å²) in [6, 6.07) is 11.0. The van der Waals surface area contributed by atoms with Crippen LogP contribution in [-0.4, -0.2) is 33.1 Å². The van der Waals surface area contributed by atoms with E-state index in [1.807, 2.05) is 12.1 Å². The van der Waals surface area contributed by atoms with Crippen molar-refractivity contribution in [3.05, 3.63) is 29.8 Å². The first kappa shape index (κ1) is 12.5. The Morgan fingerprint density at radius 2 is 2.32 bits per heavy atom. The van der Waals surface area contributed by atoms with Crippen molar-refractivity contribution in [1.29, 1.82) is 5.26 Å². The highest BCUT2D eigenvalue weighted by Crippen LogP contribution is 2.49. The first-order valence-electron chi connectivity index (χ1n) is 6.67. The van der Waals surface area contributed by atoms with Crippen LogP contribution in [0.15, 0.2) is 24.3 Å². The fourth-order valence-corrected chi connectivity index (χ4v) is 3.48. The Morgan fingerprint density at radius 1 is 1.47 bits per heavy atom. The Bertz CT molecular complexity index is 511. The quantitative estimate of drug-likeness (QED) is 0.612. The molecular weight excluding hydrogens is 240 g/mol. The van der Waals surface area contributed by atoms with E-state index in [0.29, 0.717) is 6.61 Å². The number of fused-ring (bicyclic) bond motifs is 3. The van der Waals surface area contributed by atoms with Gasteiger partial charge in [0.05, 0.1) is 18.7 Å². The van der Waals surface area contributed by atoms with Crippen LogP contribution in [0.1, 0.15) is 18.4 Å². The smallest absolute Gasteiger partial charge is 0.146 e. The first-order valence-corrected chi connectivity index (χ1v) is 6.67. The SMILES string of the molecule is COCOC[C@]1(C#N)c2ccccc2N2CCC[C@@H]21. The average Bonchev–Trinajstić information content (AvgIpc) is 3.01. The molecule has 0 spiro atoms. The third kappa shape index (κ3) is 1.73. The van der Waals surface area contributed by atoms with Crippen LogP contribution in [0.4, 0.5) is 5.69 Å². The molecule has 4 heteroatoms. The molecule has 4 nitrogen and oxygen atoms in total. The Morgan fingerprint density at radius 3 is 3.11 bits per heavy atom. The molecule has 1 aromatic rings. The molecule has 0 unspecified atom stereocenters. The minimum Gasteiger partial charge on any atom is -0.366 e. The summed E-state index contributed by atoms with van der Waals surface area (Å²) in [5.41, 5.74) is 1.76. The average molecular weight is 258 g/mol. The monoisotopic (exact) mass is 258 g/mol. The molecule has 2 atom stereocenters. The zero-order chi connectivity index (χ0) is 13.3. The maximum absolute atomic E-state index is 9.81. The van der Waals surface area contributed by atoms with Crippen molar-refractivity contribution in [2.24, 2.45) is 0 Å². The van der Waals surface area contributed by atoms with E-state index in [1.54, 1.807) is 7.11 Å². The second-order valence-electron chi connectivity index (χ2n) is 5.21. The number of rotatable bonds is 4. The van der Waals surface area contributed by atoms with E-state index in [9.17, 15) is 5.26 Å². The van der Waals surface area contributed by atoms with Crippen LogP contribution in [0.25, 0.3) is 0 Å². The number of para-hydroxylation sites is 1. The molecule has 2 aliphatic rings. The van der Waals surface area contributed by atoms with Gasteiger partial charge in [-0.25, -0.2) is 0 Å². The summed E-state index contributed by atoms with van der Waals surface area (Å²) in [7, 11) is 1.60. The maximum Gasteiger partial charge on any atom is 0.146 e. The fraction of sp³-hybridized carbons (Fsp3) is 0.533. The van der Waals surface area contributed by atoms with E-state index in [4.69, 9.17) is 9.47 Å². The van der Waals surface area contributed by atoms with E-state index in [-0.39, 0.29) is 12.8 Å². The number of hydrogen-bond donors (Lipinski definition) is 0.